The van der Waals surface area contributed by atoms with E-state index < -0.39 is 0 Å². The summed E-state index contributed by atoms with van der Waals surface area (Å²) in [5.74, 6) is 1.71. The van der Waals surface area contributed by atoms with Crippen LogP contribution in [0.2, 0.25) is 0 Å². The lowest BCUT2D eigenvalue weighted by molar-refractivity contribution is 0.0322. The first-order chi connectivity index (χ1) is 10.8. The third kappa shape index (κ3) is 4.46. The molecule has 0 amide bonds. The number of benzene rings is 1. The molecule has 1 aliphatic carbocycles. The minimum atomic E-state index is 0.737. The van der Waals surface area contributed by atoms with Gasteiger partial charge in [0, 0.05) is 19.6 Å². The van der Waals surface area contributed by atoms with E-state index in [1.807, 2.05) is 0 Å². The highest BCUT2D eigenvalue weighted by Gasteiger charge is 2.17. The Kier molecular flexibility index (Phi) is 6.16. The van der Waals surface area contributed by atoms with Crippen molar-refractivity contribution in [2.75, 3.05) is 39.5 Å². The summed E-state index contributed by atoms with van der Waals surface area (Å²) in [6.07, 6.45) is 6.83. The number of nitrogens with zero attached hydrogens (tertiary/aromatic N) is 1. The van der Waals surface area contributed by atoms with E-state index in [0.29, 0.717) is 0 Å². The van der Waals surface area contributed by atoms with Crippen LogP contribution in [-0.4, -0.2) is 44.4 Å². The van der Waals surface area contributed by atoms with Gasteiger partial charge in [-0.2, -0.15) is 0 Å². The van der Waals surface area contributed by atoms with Crippen molar-refractivity contribution in [2.45, 2.75) is 38.0 Å². The minimum Gasteiger partial charge on any atom is -0.491 e. The minimum absolute atomic E-state index is 0.737. The molecule has 0 bridgehead atoms. The van der Waals surface area contributed by atoms with Gasteiger partial charge in [0.15, 0.2) is 0 Å². The van der Waals surface area contributed by atoms with Gasteiger partial charge in [0.2, 0.25) is 0 Å². The zero-order chi connectivity index (χ0) is 15.2. The van der Waals surface area contributed by atoms with Crippen molar-refractivity contribution >= 4 is 15.9 Å². The van der Waals surface area contributed by atoms with E-state index in [2.05, 4.69) is 39.0 Å². The molecule has 2 fully saturated rings. The van der Waals surface area contributed by atoms with Crippen LogP contribution in [0.4, 0.5) is 0 Å². The van der Waals surface area contributed by atoms with Gasteiger partial charge in [0.05, 0.1) is 17.7 Å². The lowest BCUT2D eigenvalue weighted by Crippen LogP contribution is -2.38. The average molecular weight is 368 g/mol. The number of ether oxygens (including phenoxy) is 2. The summed E-state index contributed by atoms with van der Waals surface area (Å²) in [5, 5.41) is 0. The highest BCUT2D eigenvalue weighted by Crippen LogP contribution is 2.36. The monoisotopic (exact) mass is 367 g/mol. The van der Waals surface area contributed by atoms with Crippen LogP contribution in [0.3, 0.4) is 0 Å². The van der Waals surface area contributed by atoms with Crippen molar-refractivity contribution in [3.8, 4) is 5.75 Å². The summed E-state index contributed by atoms with van der Waals surface area (Å²) in [6, 6.07) is 6.65. The van der Waals surface area contributed by atoms with Crippen LogP contribution in [0.1, 0.15) is 43.6 Å². The molecule has 122 valence electrons. The average Bonchev–Trinajstić information content (AvgIpc) is 2.58. The fourth-order valence-electron chi connectivity index (χ4n) is 3.43. The van der Waals surface area contributed by atoms with Gasteiger partial charge in [-0.25, -0.2) is 0 Å². The summed E-state index contributed by atoms with van der Waals surface area (Å²) < 4.78 is 12.4. The van der Waals surface area contributed by atoms with Crippen molar-refractivity contribution in [3.63, 3.8) is 0 Å². The Hall–Kier alpha value is -0.580. The van der Waals surface area contributed by atoms with E-state index in [-0.39, 0.29) is 0 Å². The fourth-order valence-corrected chi connectivity index (χ4v) is 3.94. The molecule has 1 saturated heterocycles. The van der Waals surface area contributed by atoms with Crippen LogP contribution in [-0.2, 0) is 4.74 Å². The predicted molar refractivity (Wildman–Crippen MR) is 92.7 cm³/mol. The molecule has 22 heavy (non-hydrogen) atoms. The molecule has 2 aliphatic rings. The molecule has 3 rings (SSSR count). The molecule has 0 N–H and O–H groups in total. The number of rotatable bonds is 5. The van der Waals surface area contributed by atoms with Crippen LogP contribution in [0.15, 0.2) is 22.7 Å². The highest BCUT2D eigenvalue weighted by molar-refractivity contribution is 9.10. The number of morpholine rings is 1. The Morgan fingerprint density at radius 2 is 1.91 bits per heavy atom. The number of hydrogen-bond acceptors (Lipinski definition) is 3. The smallest absolute Gasteiger partial charge is 0.133 e. The quantitative estimate of drug-likeness (QED) is 0.777. The Balaban J connectivity index is 1.50. The Morgan fingerprint density at radius 1 is 1.14 bits per heavy atom. The molecule has 0 spiro atoms. The van der Waals surface area contributed by atoms with Crippen molar-refractivity contribution in [2.24, 2.45) is 0 Å². The van der Waals surface area contributed by atoms with Gasteiger partial charge in [-0.05, 0) is 52.4 Å². The molecule has 1 heterocycles. The van der Waals surface area contributed by atoms with E-state index in [4.69, 9.17) is 9.47 Å². The topological polar surface area (TPSA) is 21.7 Å². The molecule has 0 unspecified atom stereocenters. The summed E-state index contributed by atoms with van der Waals surface area (Å²) in [6.45, 7) is 5.44. The summed E-state index contributed by atoms with van der Waals surface area (Å²) in [4.78, 5) is 2.40. The van der Waals surface area contributed by atoms with Crippen LogP contribution in [0.25, 0.3) is 0 Å². The molecule has 0 radical (unpaired) electrons. The fraction of sp³-hybridized carbons (Fsp3) is 0.667. The van der Waals surface area contributed by atoms with Crippen LogP contribution < -0.4 is 4.74 Å². The number of hydrogen-bond donors (Lipinski definition) is 0. The molecule has 1 aromatic rings. The molecule has 4 heteroatoms. The first-order valence-corrected chi connectivity index (χ1v) is 9.34. The molecule has 1 aromatic carbocycles. The van der Waals surface area contributed by atoms with E-state index in [1.54, 1.807) is 0 Å². The van der Waals surface area contributed by atoms with Gasteiger partial charge >= 0.3 is 0 Å². The van der Waals surface area contributed by atoms with Crippen LogP contribution >= 0.6 is 15.9 Å². The molecule has 0 aromatic heterocycles. The zero-order valence-electron chi connectivity index (χ0n) is 13.2. The molecule has 0 atom stereocenters. The van der Waals surface area contributed by atoms with E-state index >= 15 is 0 Å². The molecule has 1 saturated carbocycles. The Bertz CT molecular complexity index is 468. The maximum atomic E-state index is 5.95. The number of halogens is 1. The van der Waals surface area contributed by atoms with Crippen molar-refractivity contribution in [1.29, 1.82) is 0 Å². The first-order valence-electron chi connectivity index (χ1n) is 8.55. The molecule has 3 nitrogen and oxygen atoms in total. The second-order valence-corrected chi connectivity index (χ2v) is 7.18. The second kappa shape index (κ2) is 8.32. The van der Waals surface area contributed by atoms with Crippen LogP contribution in [0.5, 0.6) is 5.75 Å². The lowest BCUT2D eigenvalue weighted by Gasteiger charge is -2.26. The summed E-state index contributed by atoms with van der Waals surface area (Å²) >= 11 is 3.68. The SMILES string of the molecule is Brc1cc(C2CCCCC2)ccc1OCCN1CCOCC1. The summed E-state index contributed by atoms with van der Waals surface area (Å²) in [5.41, 5.74) is 1.46. The Morgan fingerprint density at radius 3 is 2.64 bits per heavy atom. The van der Waals surface area contributed by atoms with Crippen molar-refractivity contribution < 1.29 is 9.47 Å². The molecular formula is C18H26BrNO2. The van der Waals surface area contributed by atoms with Gasteiger partial charge in [-0.15, -0.1) is 0 Å². The van der Waals surface area contributed by atoms with Gasteiger partial charge in [0.25, 0.3) is 0 Å². The van der Waals surface area contributed by atoms with E-state index in [0.717, 1.165) is 55.6 Å². The highest BCUT2D eigenvalue weighted by atomic mass is 79.9. The van der Waals surface area contributed by atoms with Crippen LogP contribution in [0, 0.1) is 0 Å². The van der Waals surface area contributed by atoms with E-state index in [1.165, 1.54) is 37.7 Å². The lowest BCUT2D eigenvalue weighted by atomic mass is 9.84. The van der Waals surface area contributed by atoms with Crippen molar-refractivity contribution in [1.82, 2.24) is 4.90 Å². The Labute approximate surface area is 142 Å². The normalized spacial score (nSPS) is 21.0. The van der Waals surface area contributed by atoms with Gasteiger partial charge in [-0.3, -0.25) is 4.90 Å². The maximum Gasteiger partial charge on any atom is 0.133 e. The predicted octanol–water partition coefficient (Wildman–Crippen LogP) is 4.21. The maximum absolute atomic E-state index is 5.95. The molecule has 1 aliphatic heterocycles. The van der Waals surface area contributed by atoms with Crippen molar-refractivity contribution in [3.05, 3.63) is 28.2 Å². The zero-order valence-corrected chi connectivity index (χ0v) is 14.8. The third-order valence-electron chi connectivity index (χ3n) is 4.80. The van der Waals surface area contributed by atoms with E-state index in [9.17, 15) is 0 Å². The largest absolute Gasteiger partial charge is 0.491 e. The van der Waals surface area contributed by atoms with Gasteiger partial charge in [-0.1, -0.05) is 25.3 Å². The standard InChI is InChI=1S/C18H26BrNO2/c19-17-14-16(15-4-2-1-3-5-15)6-7-18(17)22-13-10-20-8-11-21-12-9-20/h6-7,14-15H,1-5,8-13H2. The van der Waals surface area contributed by atoms with Gasteiger partial charge < -0.3 is 9.47 Å². The first kappa shape index (κ1) is 16.3. The molecular weight excluding hydrogens is 342 g/mol. The second-order valence-electron chi connectivity index (χ2n) is 6.33. The third-order valence-corrected chi connectivity index (χ3v) is 5.42. The summed E-state index contributed by atoms with van der Waals surface area (Å²) in [7, 11) is 0. The van der Waals surface area contributed by atoms with Gasteiger partial charge in [0.1, 0.15) is 12.4 Å².